The van der Waals surface area contributed by atoms with Crippen LogP contribution in [-0.4, -0.2) is 22.8 Å². The van der Waals surface area contributed by atoms with Crippen LogP contribution in [0.15, 0.2) is 60.0 Å². The van der Waals surface area contributed by atoms with E-state index in [-0.39, 0.29) is 11.8 Å². The fourth-order valence-electron chi connectivity index (χ4n) is 3.94. The lowest BCUT2D eigenvalue weighted by Gasteiger charge is -2.35. The maximum absolute atomic E-state index is 12.5. The second-order valence-electron chi connectivity index (χ2n) is 7.11. The highest BCUT2D eigenvalue weighted by Gasteiger charge is 2.32. The summed E-state index contributed by atoms with van der Waals surface area (Å²) in [5.74, 6) is -0.203. The van der Waals surface area contributed by atoms with Crippen LogP contribution in [0.4, 0.5) is 13.2 Å². The van der Waals surface area contributed by atoms with Crippen LogP contribution in [0.5, 0.6) is 5.75 Å². The van der Waals surface area contributed by atoms with Crippen LogP contribution in [0.1, 0.15) is 27.1 Å². The molecule has 3 nitrogen and oxygen atoms in total. The molecule has 0 radical (unpaired) electrons. The lowest BCUT2D eigenvalue weighted by atomic mass is 9.93. The molecule has 4 aromatic rings. The van der Waals surface area contributed by atoms with Gasteiger partial charge in [0.1, 0.15) is 10.8 Å². The molecule has 154 valence electrons. The Hall–Kier alpha value is -2.42. The largest absolute Gasteiger partial charge is 0.573 e. The highest BCUT2D eigenvalue weighted by molar-refractivity contribution is 7.18. The summed E-state index contributed by atoms with van der Waals surface area (Å²) in [6.45, 7) is 1.56. The van der Waals surface area contributed by atoms with Gasteiger partial charge in [-0.1, -0.05) is 24.3 Å². The maximum Gasteiger partial charge on any atom is 0.573 e. The number of halogens is 3. The molecule has 0 aliphatic carbocycles. The number of thiophene rings is 1. The third-order valence-electron chi connectivity index (χ3n) is 5.17. The van der Waals surface area contributed by atoms with Crippen molar-refractivity contribution < 1.29 is 17.9 Å². The molecule has 2 aromatic heterocycles. The molecular weight excluding hydrogens is 429 g/mol. The van der Waals surface area contributed by atoms with Gasteiger partial charge in [0.15, 0.2) is 0 Å². The van der Waals surface area contributed by atoms with Crippen LogP contribution >= 0.6 is 22.7 Å². The van der Waals surface area contributed by atoms with Crippen LogP contribution < -0.4 is 4.74 Å². The first-order valence-electron chi connectivity index (χ1n) is 9.47. The van der Waals surface area contributed by atoms with Crippen LogP contribution in [0, 0.1) is 0 Å². The van der Waals surface area contributed by atoms with Crippen molar-refractivity contribution in [2.45, 2.75) is 25.4 Å². The monoisotopic (exact) mass is 446 g/mol. The first-order chi connectivity index (χ1) is 14.5. The second kappa shape index (κ2) is 7.68. The molecule has 0 N–H and O–H groups in total. The molecule has 2 aromatic carbocycles. The third kappa shape index (κ3) is 3.95. The molecule has 8 heteroatoms. The van der Waals surface area contributed by atoms with Gasteiger partial charge in [-0.2, -0.15) is 0 Å². The fraction of sp³-hybridized carbons (Fsp3) is 0.227. The minimum atomic E-state index is -4.69. The molecule has 0 bridgehead atoms. The minimum Gasteiger partial charge on any atom is -0.406 e. The molecule has 0 spiro atoms. The van der Waals surface area contributed by atoms with Crippen LogP contribution in [0.25, 0.3) is 10.2 Å². The summed E-state index contributed by atoms with van der Waals surface area (Å²) in [6.07, 6.45) is -3.73. The van der Waals surface area contributed by atoms with Crippen molar-refractivity contribution in [2.75, 3.05) is 6.54 Å². The SMILES string of the molecule is FC(F)(F)Oc1ccc([C@@H]2c3ccsc3CCN2Cc2nc3ccccc3s2)cc1. The van der Waals surface area contributed by atoms with Gasteiger partial charge in [-0.05, 0) is 53.3 Å². The molecule has 0 fully saturated rings. The molecule has 3 heterocycles. The van der Waals surface area contributed by atoms with Crippen molar-refractivity contribution in [1.29, 1.82) is 0 Å². The first-order valence-corrected chi connectivity index (χ1v) is 11.2. The van der Waals surface area contributed by atoms with Crippen molar-refractivity contribution >= 4 is 32.9 Å². The Bertz CT molecular complexity index is 1130. The van der Waals surface area contributed by atoms with E-state index in [0.717, 1.165) is 33.8 Å². The van der Waals surface area contributed by atoms with Gasteiger partial charge in [-0.25, -0.2) is 4.98 Å². The zero-order valence-corrected chi connectivity index (χ0v) is 17.4. The van der Waals surface area contributed by atoms with Crippen LogP contribution in [0.3, 0.4) is 0 Å². The normalized spacial score (nSPS) is 17.2. The smallest absolute Gasteiger partial charge is 0.406 e. The number of hydrogen-bond donors (Lipinski definition) is 0. The zero-order valence-electron chi connectivity index (χ0n) is 15.7. The van der Waals surface area contributed by atoms with Crippen molar-refractivity contribution in [3.63, 3.8) is 0 Å². The number of rotatable bonds is 4. The Kier molecular flexibility index (Phi) is 5.00. The van der Waals surface area contributed by atoms with Crippen molar-refractivity contribution in [2.24, 2.45) is 0 Å². The highest BCUT2D eigenvalue weighted by atomic mass is 32.1. The van der Waals surface area contributed by atoms with Crippen LogP contribution in [0.2, 0.25) is 0 Å². The van der Waals surface area contributed by atoms with Gasteiger partial charge in [0.25, 0.3) is 0 Å². The number of nitrogens with zero attached hydrogens (tertiary/aromatic N) is 2. The van der Waals surface area contributed by atoms with E-state index in [1.165, 1.54) is 22.6 Å². The van der Waals surface area contributed by atoms with Crippen molar-refractivity contribution in [3.8, 4) is 5.75 Å². The maximum atomic E-state index is 12.5. The van der Waals surface area contributed by atoms with Crippen molar-refractivity contribution in [3.05, 3.63) is 81.0 Å². The van der Waals surface area contributed by atoms with E-state index in [2.05, 4.69) is 27.1 Å². The highest BCUT2D eigenvalue weighted by Crippen LogP contribution is 2.39. The summed E-state index contributed by atoms with van der Waals surface area (Å²) in [5.41, 5.74) is 3.16. The number of fused-ring (bicyclic) bond motifs is 2. The fourth-order valence-corrected chi connectivity index (χ4v) is 5.84. The number of thiazole rings is 1. The van der Waals surface area contributed by atoms with E-state index in [9.17, 15) is 13.2 Å². The summed E-state index contributed by atoms with van der Waals surface area (Å²) < 4.78 is 42.7. The number of hydrogen-bond acceptors (Lipinski definition) is 5. The molecule has 0 amide bonds. The second-order valence-corrected chi connectivity index (χ2v) is 9.23. The third-order valence-corrected chi connectivity index (χ3v) is 7.19. The van der Waals surface area contributed by atoms with Gasteiger partial charge in [-0.3, -0.25) is 4.90 Å². The topological polar surface area (TPSA) is 25.4 Å². The lowest BCUT2D eigenvalue weighted by molar-refractivity contribution is -0.274. The Morgan fingerprint density at radius 2 is 1.87 bits per heavy atom. The Morgan fingerprint density at radius 1 is 1.07 bits per heavy atom. The number of benzene rings is 2. The average molecular weight is 447 g/mol. The van der Waals surface area contributed by atoms with Gasteiger partial charge in [0.2, 0.25) is 0 Å². The number of alkyl halides is 3. The average Bonchev–Trinajstić information content (AvgIpc) is 3.33. The Labute approximate surface area is 179 Å². The van der Waals surface area contributed by atoms with Gasteiger partial charge in [0, 0.05) is 11.4 Å². The van der Waals surface area contributed by atoms with E-state index in [1.807, 2.05) is 18.2 Å². The van der Waals surface area contributed by atoms with Crippen molar-refractivity contribution in [1.82, 2.24) is 9.88 Å². The molecule has 0 saturated carbocycles. The Balaban J connectivity index is 1.46. The molecule has 1 aliphatic heterocycles. The standard InChI is InChI=1S/C22H17F3N2OS2/c23-22(24,25)28-15-7-5-14(6-8-15)21-16-10-12-29-18(16)9-11-27(21)13-20-26-17-3-1-2-4-19(17)30-20/h1-8,10,12,21H,9,11,13H2/t21-/m1/s1. The first kappa shape index (κ1) is 19.5. The summed E-state index contributed by atoms with van der Waals surface area (Å²) in [7, 11) is 0. The lowest BCUT2D eigenvalue weighted by Crippen LogP contribution is -2.34. The summed E-state index contributed by atoms with van der Waals surface area (Å²) >= 11 is 3.42. The summed E-state index contributed by atoms with van der Waals surface area (Å²) in [4.78, 5) is 8.45. The predicted molar refractivity (Wildman–Crippen MR) is 113 cm³/mol. The van der Waals surface area contributed by atoms with E-state index >= 15 is 0 Å². The Morgan fingerprint density at radius 3 is 2.63 bits per heavy atom. The molecule has 5 rings (SSSR count). The quantitative estimate of drug-likeness (QED) is 0.363. The minimum absolute atomic E-state index is 0.0213. The van der Waals surface area contributed by atoms with Gasteiger partial charge in [0.05, 0.1) is 22.8 Å². The summed E-state index contributed by atoms with van der Waals surface area (Å²) in [5, 5.41) is 3.12. The van der Waals surface area contributed by atoms with Gasteiger partial charge in [-0.15, -0.1) is 35.8 Å². The number of aromatic nitrogens is 1. The molecule has 1 aliphatic rings. The van der Waals surface area contributed by atoms with E-state index < -0.39 is 6.36 Å². The predicted octanol–water partition coefficient (Wildman–Crippen LogP) is 6.40. The molecular formula is C22H17F3N2OS2. The molecule has 1 atom stereocenters. The van der Waals surface area contributed by atoms with Crippen LogP contribution in [-0.2, 0) is 13.0 Å². The van der Waals surface area contributed by atoms with Gasteiger partial charge < -0.3 is 4.74 Å². The van der Waals surface area contributed by atoms with E-state index in [1.54, 1.807) is 34.8 Å². The van der Waals surface area contributed by atoms with E-state index in [4.69, 9.17) is 4.98 Å². The molecule has 30 heavy (non-hydrogen) atoms. The summed E-state index contributed by atoms with van der Waals surface area (Å²) in [6, 6.07) is 16.4. The van der Waals surface area contributed by atoms with Gasteiger partial charge >= 0.3 is 6.36 Å². The zero-order chi connectivity index (χ0) is 20.7. The number of ether oxygens (including phenoxy) is 1. The molecule has 0 unspecified atom stereocenters. The number of para-hydroxylation sites is 1. The van der Waals surface area contributed by atoms with E-state index in [0.29, 0.717) is 6.54 Å². The molecule has 0 saturated heterocycles.